The summed E-state index contributed by atoms with van der Waals surface area (Å²) in [7, 11) is 0. The van der Waals surface area contributed by atoms with E-state index in [0.29, 0.717) is 6.54 Å². The molecule has 1 atom stereocenters. The van der Waals surface area contributed by atoms with Crippen molar-refractivity contribution in [3.63, 3.8) is 0 Å². The summed E-state index contributed by atoms with van der Waals surface area (Å²) in [6.45, 7) is 3.03. The van der Waals surface area contributed by atoms with E-state index in [2.05, 4.69) is 37.3 Å². The Bertz CT molecular complexity index is 688. The number of carbonyl (C=O) groups is 1. The zero-order chi connectivity index (χ0) is 15.6. The molecule has 0 bridgehead atoms. The van der Waals surface area contributed by atoms with E-state index in [0.717, 1.165) is 44.6 Å². The summed E-state index contributed by atoms with van der Waals surface area (Å²) in [4.78, 5) is 26.8. The zero-order valence-electron chi connectivity index (χ0n) is 13.0. The van der Waals surface area contributed by atoms with Crippen LogP contribution in [0.4, 0.5) is 0 Å². The predicted molar refractivity (Wildman–Crippen MR) is 89.0 cm³/mol. The zero-order valence-corrected chi connectivity index (χ0v) is 13.8. The summed E-state index contributed by atoms with van der Waals surface area (Å²) in [5.74, 6) is 0.249. The fourth-order valence-electron chi connectivity index (χ4n) is 3.56. The van der Waals surface area contributed by atoms with Crippen LogP contribution in [-0.2, 0) is 17.8 Å². The molecule has 2 aliphatic heterocycles. The van der Waals surface area contributed by atoms with Crippen LogP contribution < -0.4 is 0 Å². The van der Waals surface area contributed by atoms with Crippen molar-refractivity contribution in [1.82, 2.24) is 19.8 Å². The lowest BCUT2D eigenvalue weighted by molar-refractivity contribution is -0.133. The van der Waals surface area contributed by atoms with E-state index < -0.39 is 0 Å². The highest BCUT2D eigenvalue weighted by Gasteiger charge is 2.31. The Labute approximate surface area is 140 Å². The van der Waals surface area contributed by atoms with Crippen LogP contribution in [0.1, 0.15) is 35.0 Å². The van der Waals surface area contributed by atoms with Crippen LogP contribution in [0.3, 0.4) is 0 Å². The van der Waals surface area contributed by atoms with Crippen LogP contribution in [0.2, 0.25) is 0 Å². The Morgan fingerprint density at radius 2 is 2.35 bits per heavy atom. The van der Waals surface area contributed by atoms with Gasteiger partial charge in [-0.05, 0) is 36.3 Å². The number of thiophene rings is 1. The third-order valence-corrected chi connectivity index (χ3v) is 5.73. The maximum absolute atomic E-state index is 12.8. The highest BCUT2D eigenvalue weighted by Crippen LogP contribution is 2.34. The van der Waals surface area contributed by atoms with Crippen LogP contribution in [0, 0.1) is 0 Å². The van der Waals surface area contributed by atoms with Gasteiger partial charge in [0.25, 0.3) is 0 Å². The second-order valence-corrected chi connectivity index (χ2v) is 7.20. The van der Waals surface area contributed by atoms with Crippen LogP contribution in [0.15, 0.2) is 30.0 Å². The second-order valence-electron chi connectivity index (χ2n) is 6.22. The van der Waals surface area contributed by atoms with Crippen molar-refractivity contribution in [2.75, 3.05) is 19.6 Å². The molecule has 2 aliphatic rings. The Balaban J connectivity index is 1.42. The summed E-state index contributed by atoms with van der Waals surface area (Å²) in [5.41, 5.74) is 2.28. The molecule has 1 saturated heterocycles. The standard InChI is InChI=1S/C17H20N4OS/c22-17(21-6-1-3-15(21)16-4-2-8-23-16)11-20-7-5-13-9-18-12-19-14(13)10-20/h2,4,8-9,12,15H,1,3,5-7,10-11H2. The van der Waals surface area contributed by atoms with Crippen molar-refractivity contribution >= 4 is 17.2 Å². The Morgan fingerprint density at radius 1 is 1.39 bits per heavy atom. The fraction of sp³-hybridized carbons (Fsp3) is 0.471. The van der Waals surface area contributed by atoms with Crippen LogP contribution in [-0.4, -0.2) is 45.3 Å². The molecule has 4 heterocycles. The summed E-state index contributed by atoms with van der Waals surface area (Å²) in [6.07, 6.45) is 6.61. The van der Waals surface area contributed by atoms with Crippen molar-refractivity contribution < 1.29 is 4.79 Å². The lowest BCUT2D eigenvalue weighted by Gasteiger charge is -2.30. The van der Waals surface area contributed by atoms with E-state index in [1.165, 1.54) is 10.4 Å². The molecule has 0 N–H and O–H groups in total. The quantitative estimate of drug-likeness (QED) is 0.867. The third kappa shape index (κ3) is 3.01. The summed E-state index contributed by atoms with van der Waals surface area (Å²) in [6, 6.07) is 4.50. The van der Waals surface area contributed by atoms with Crippen molar-refractivity contribution in [3.8, 4) is 0 Å². The molecular formula is C17H20N4OS. The number of likely N-dealkylation sites (tertiary alicyclic amines) is 1. The molecule has 120 valence electrons. The number of hydrogen-bond donors (Lipinski definition) is 0. The Hall–Kier alpha value is -1.79. The molecule has 5 nitrogen and oxygen atoms in total. The van der Waals surface area contributed by atoms with Crippen LogP contribution in [0.25, 0.3) is 0 Å². The molecule has 2 aromatic rings. The second kappa shape index (κ2) is 6.37. The fourth-order valence-corrected chi connectivity index (χ4v) is 4.44. The first-order valence-corrected chi connectivity index (χ1v) is 9.02. The van der Waals surface area contributed by atoms with Gasteiger partial charge in [0.15, 0.2) is 0 Å². The number of hydrogen-bond acceptors (Lipinski definition) is 5. The first-order chi connectivity index (χ1) is 11.3. The predicted octanol–water partition coefficient (Wildman–Crippen LogP) is 2.26. The molecule has 0 aromatic carbocycles. The molecule has 0 spiro atoms. The van der Waals surface area contributed by atoms with E-state index in [4.69, 9.17) is 0 Å². The van der Waals surface area contributed by atoms with E-state index in [9.17, 15) is 4.79 Å². The van der Waals surface area contributed by atoms with Gasteiger partial charge in [-0.2, -0.15) is 0 Å². The van der Waals surface area contributed by atoms with Crippen molar-refractivity contribution in [1.29, 1.82) is 0 Å². The van der Waals surface area contributed by atoms with Gasteiger partial charge in [-0.1, -0.05) is 6.07 Å². The maximum atomic E-state index is 12.8. The first kappa shape index (κ1) is 14.8. The van der Waals surface area contributed by atoms with Crippen LogP contribution >= 0.6 is 11.3 Å². The minimum absolute atomic E-state index is 0.249. The van der Waals surface area contributed by atoms with E-state index in [-0.39, 0.29) is 11.9 Å². The molecule has 1 fully saturated rings. The largest absolute Gasteiger partial charge is 0.334 e. The maximum Gasteiger partial charge on any atom is 0.237 e. The van der Waals surface area contributed by atoms with E-state index in [1.807, 2.05) is 6.20 Å². The van der Waals surface area contributed by atoms with E-state index >= 15 is 0 Å². The smallest absolute Gasteiger partial charge is 0.237 e. The van der Waals surface area contributed by atoms with Gasteiger partial charge in [0.1, 0.15) is 6.33 Å². The lowest BCUT2D eigenvalue weighted by atomic mass is 10.1. The molecule has 1 amide bonds. The molecule has 1 unspecified atom stereocenters. The number of rotatable bonds is 3. The average molecular weight is 328 g/mol. The summed E-state index contributed by atoms with van der Waals surface area (Å²) < 4.78 is 0. The topological polar surface area (TPSA) is 49.3 Å². The average Bonchev–Trinajstić information content (AvgIpc) is 3.25. The highest BCUT2D eigenvalue weighted by molar-refractivity contribution is 7.10. The molecular weight excluding hydrogens is 308 g/mol. The van der Waals surface area contributed by atoms with Crippen molar-refractivity contribution in [3.05, 3.63) is 46.2 Å². The normalized spacial score (nSPS) is 21.4. The first-order valence-electron chi connectivity index (χ1n) is 8.14. The van der Waals surface area contributed by atoms with Gasteiger partial charge < -0.3 is 4.90 Å². The number of amides is 1. The van der Waals surface area contributed by atoms with Gasteiger partial charge in [0.2, 0.25) is 5.91 Å². The minimum Gasteiger partial charge on any atom is -0.334 e. The Kier molecular flexibility index (Phi) is 4.10. The molecule has 2 aromatic heterocycles. The minimum atomic E-state index is 0.249. The van der Waals surface area contributed by atoms with Gasteiger partial charge in [-0.15, -0.1) is 11.3 Å². The number of aromatic nitrogens is 2. The van der Waals surface area contributed by atoms with Crippen molar-refractivity contribution in [2.45, 2.75) is 31.8 Å². The summed E-state index contributed by atoms with van der Waals surface area (Å²) >= 11 is 1.75. The summed E-state index contributed by atoms with van der Waals surface area (Å²) in [5, 5.41) is 2.09. The Morgan fingerprint density at radius 3 is 3.22 bits per heavy atom. The molecule has 0 aliphatic carbocycles. The molecule has 6 heteroatoms. The SMILES string of the molecule is O=C(CN1CCc2cncnc2C1)N1CCCC1c1cccs1. The van der Waals surface area contributed by atoms with Crippen molar-refractivity contribution in [2.24, 2.45) is 0 Å². The van der Waals surface area contributed by atoms with Gasteiger partial charge in [-0.25, -0.2) is 9.97 Å². The molecule has 4 rings (SSSR count). The van der Waals surface area contributed by atoms with Crippen LogP contribution in [0.5, 0.6) is 0 Å². The van der Waals surface area contributed by atoms with Gasteiger partial charge in [-0.3, -0.25) is 9.69 Å². The molecule has 0 radical (unpaired) electrons. The number of fused-ring (bicyclic) bond motifs is 1. The van der Waals surface area contributed by atoms with Gasteiger partial charge in [0, 0.05) is 30.7 Å². The monoisotopic (exact) mass is 328 g/mol. The molecule has 0 saturated carbocycles. The van der Waals surface area contributed by atoms with E-state index in [1.54, 1.807) is 17.7 Å². The lowest BCUT2D eigenvalue weighted by Crippen LogP contribution is -2.42. The number of nitrogens with zero attached hydrogens (tertiary/aromatic N) is 4. The molecule has 23 heavy (non-hydrogen) atoms. The number of carbonyl (C=O) groups excluding carboxylic acids is 1. The van der Waals surface area contributed by atoms with Gasteiger partial charge >= 0.3 is 0 Å². The third-order valence-electron chi connectivity index (χ3n) is 4.76. The highest BCUT2D eigenvalue weighted by atomic mass is 32.1. The van der Waals surface area contributed by atoms with Gasteiger partial charge in [0.05, 0.1) is 18.3 Å².